The summed E-state index contributed by atoms with van der Waals surface area (Å²) in [6.45, 7) is 7.90. The van der Waals surface area contributed by atoms with E-state index < -0.39 is 0 Å². The molecular weight excluding hydrogens is 344 g/mol. The van der Waals surface area contributed by atoms with E-state index in [4.69, 9.17) is 4.74 Å². The summed E-state index contributed by atoms with van der Waals surface area (Å²) < 4.78 is 5.38. The molecule has 1 saturated heterocycles. The van der Waals surface area contributed by atoms with Gasteiger partial charge in [0.05, 0.1) is 18.8 Å². The van der Waals surface area contributed by atoms with E-state index in [9.17, 15) is 9.59 Å². The molecule has 2 amide bonds. The average molecular weight is 368 g/mol. The van der Waals surface area contributed by atoms with Crippen molar-refractivity contribution in [3.05, 3.63) is 47.2 Å². The fourth-order valence-electron chi connectivity index (χ4n) is 3.14. The second kappa shape index (κ2) is 8.18. The van der Waals surface area contributed by atoms with E-state index in [1.807, 2.05) is 26.0 Å². The van der Waals surface area contributed by atoms with Gasteiger partial charge in [-0.2, -0.15) is 0 Å². The molecule has 0 radical (unpaired) electrons. The highest BCUT2D eigenvalue weighted by atomic mass is 16.5. The third-order valence-corrected chi connectivity index (χ3v) is 4.56. The lowest BCUT2D eigenvalue weighted by molar-refractivity contribution is -0.114. The topological polar surface area (TPSA) is 83.6 Å². The maximum Gasteiger partial charge on any atom is 0.259 e. The number of pyridine rings is 1. The molecule has 1 fully saturated rings. The maximum absolute atomic E-state index is 13.0. The number of ether oxygens (including phenoxy) is 1. The maximum atomic E-state index is 13.0. The molecular formula is C20H24N4O3. The van der Waals surface area contributed by atoms with Gasteiger partial charge in [0.1, 0.15) is 5.82 Å². The van der Waals surface area contributed by atoms with E-state index in [0.717, 1.165) is 16.8 Å². The summed E-state index contributed by atoms with van der Waals surface area (Å²) >= 11 is 0. The molecule has 142 valence electrons. The van der Waals surface area contributed by atoms with Gasteiger partial charge in [-0.3, -0.25) is 9.59 Å². The largest absolute Gasteiger partial charge is 0.378 e. The van der Waals surface area contributed by atoms with Crippen LogP contribution < -0.4 is 15.5 Å². The summed E-state index contributed by atoms with van der Waals surface area (Å²) in [4.78, 5) is 30.9. The molecule has 0 aliphatic carbocycles. The minimum absolute atomic E-state index is 0.147. The normalized spacial score (nSPS) is 14.0. The van der Waals surface area contributed by atoms with E-state index in [-0.39, 0.29) is 11.8 Å². The smallest absolute Gasteiger partial charge is 0.259 e. The summed E-state index contributed by atoms with van der Waals surface area (Å²) in [5.74, 6) is 0.280. The van der Waals surface area contributed by atoms with Gasteiger partial charge in [-0.1, -0.05) is 6.07 Å². The summed E-state index contributed by atoms with van der Waals surface area (Å²) in [7, 11) is 0. The number of rotatable bonds is 4. The van der Waals surface area contributed by atoms with Crippen molar-refractivity contribution in [3.8, 4) is 0 Å². The second-order valence-electron chi connectivity index (χ2n) is 6.54. The number of nitrogens with zero attached hydrogens (tertiary/aromatic N) is 2. The van der Waals surface area contributed by atoms with Gasteiger partial charge in [-0.25, -0.2) is 4.98 Å². The summed E-state index contributed by atoms with van der Waals surface area (Å²) in [6, 6.07) is 7.24. The first-order valence-corrected chi connectivity index (χ1v) is 8.94. The monoisotopic (exact) mass is 368 g/mol. The summed E-state index contributed by atoms with van der Waals surface area (Å²) in [6.07, 6.45) is 1.69. The number of aromatic nitrogens is 1. The lowest BCUT2D eigenvalue weighted by Crippen LogP contribution is -2.38. The Kier molecular flexibility index (Phi) is 5.71. The Balaban J connectivity index is 1.87. The Morgan fingerprint density at radius 2 is 1.85 bits per heavy atom. The number of nitrogens with one attached hydrogen (secondary N) is 2. The van der Waals surface area contributed by atoms with Crippen molar-refractivity contribution in [3.63, 3.8) is 0 Å². The van der Waals surface area contributed by atoms with Gasteiger partial charge in [0.15, 0.2) is 0 Å². The van der Waals surface area contributed by atoms with Gasteiger partial charge in [0.25, 0.3) is 5.91 Å². The van der Waals surface area contributed by atoms with Crippen LogP contribution in [0.5, 0.6) is 0 Å². The van der Waals surface area contributed by atoms with Crippen molar-refractivity contribution >= 4 is 29.0 Å². The number of amides is 2. The van der Waals surface area contributed by atoms with Crippen molar-refractivity contribution in [2.24, 2.45) is 0 Å². The summed E-state index contributed by atoms with van der Waals surface area (Å²) in [5, 5.41) is 5.79. The van der Waals surface area contributed by atoms with Crippen molar-refractivity contribution < 1.29 is 14.3 Å². The Bertz CT molecular complexity index is 860. The molecule has 0 spiro atoms. The Morgan fingerprint density at radius 3 is 2.56 bits per heavy atom. The Labute approximate surface area is 158 Å². The molecule has 27 heavy (non-hydrogen) atoms. The quantitative estimate of drug-likeness (QED) is 0.867. The van der Waals surface area contributed by atoms with Gasteiger partial charge < -0.3 is 20.3 Å². The van der Waals surface area contributed by atoms with Crippen LogP contribution in [0.4, 0.5) is 17.2 Å². The van der Waals surface area contributed by atoms with Gasteiger partial charge in [-0.05, 0) is 43.2 Å². The van der Waals surface area contributed by atoms with Crippen molar-refractivity contribution in [2.75, 3.05) is 41.8 Å². The highest BCUT2D eigenvalue weighted by molar-refractivity contribution is 6.08. The highest BCUT2D eigenvalue weighted by Gasteiger charge is 2.21. The molecule has 7 heteroatoms. The summed E-state index contributed by atoms with van der Waals surface area (Å²) in [5.41, 5.74) is 3.65. The molecule has 0 saturated carbocycles. The van der Waals surface area contributed by atoms with Crippen molar-refractivity contribution in [2.45, 2.75) is 20.8 Å². The minimum atomic E-state index is -0.231. The third-order valence-electron chi connectivity index (χ3n) is 4.56. The van der Waals surface area contributed by atoms with Gasteiger partial charge in [0, 0.05) is 37.6 Å². The molecule has 2 aromatic rings. The standard InChI is InChI=1S/C20H24N4O3/c1-13-6-7-17(14(2)18(13)22-15(3)25)23-20(26)16-5-4-8-21-19(16)24-9-11-27-12-10-24/h4-8H,9-12H2,1-3H3,(H,22,25)(H,23,26). The molecule has 1 aromatic heterocycles. The second-order valence-corrected chi connectivity index (χ2v) is 6.54. The van der Waals surface area contributed by atoms with E-state index in [0.29, 0.717) is 43.4 Å². The molecule has 2 heterocycles. The number of anilines is 3. The fraction of sp³-hybridized carbons (Fsp3) is 0.350. The van der Waals surface area contributed by atoms with Crippen molar-refractivity contribution in [1.29, 1.82) is 0 Å². The number of aryl methyl sites for hydroxylation is 1. The predicted octanol–water partition coefficient (Wildman–Crippen LogP) is 2.75. The first-order valence-electron chi connectivity index (χ1n) is 8.94. The van der Waals surface area contributed by atoms with Crippen LogP contribution in [0, 0.1) is 13.8 Å². The van der Waals surface area contributed by atoms with Crippen LogP contribution in [0.25, 0.3) is 0 Å². The van der Waals surface area contributed by atoms with E-state index in [1.54, 1.807) is 18.3 Å². The molecule has 7 nitrogen and oxygen atoms in total. The molecule has 1 aliphatic rings. The van der Waals surface area contributed by atoms with Crippen LogP contribution in [-0.2, 0) is 9.53 Å². The Morgan fingerprint density at radius 1 is 1.11 bits per heavy atom. The lowest BCUT2D eigenvalue weighted by atomic mass is 10.1. The number of benzene rings is 1. The average Bonchev–Trinajstić information content (AvgIpc) is 2.68. The van der Waals surface area contributed by atoms with E-state index in [1.165, 1.54) is 6.92 Å². The van der Waals surface area contributed by atoms with Crippen molar-refractivity contribution in [1.82, 2.24) is 4.98 Å². The SMILES string of the molecule is CC(=O)Nc1c(C)ccc(NC(=O)c2cccnc2N2CCOCC2)c1C. The lowest BCUT2D eigenvalue weighted by Gasteiger charge is -2.29. The van der Waals surface area contributed by atoms with Gasteiger partial charge in [0.2, 0.25) is 5.91 Å². The zero-order chi connectivity index (χ0) is 19.4. The van der Waals surface area contributed by atoms with Crippen LogP contribution >= 0.6 is 0 Å². The molecule has 3 rings (SSSR count). The Hall–Kier alpha value is -2.93. The number of morpholine rings is 1. The highest BCUT2D eigenvalue weighted by Crippen LogP contribution is 2.28. The van der Waals surface area contributed by atoms with E-state index >= 15 is 0 Å². The van der Waals surface area contributed by atoms with Crippen LogP contribution in [0.2, 0.25) is 0 Å². The van der Waals surface area contributed by atoms with Crippen LogP contribution in [-0.4, -0.2) is 43.1 Å². The number of hydrogen-bond acceptors (Lipinski definition) is 5. The number of carbonyl (C=O) groups is 2. The minimum Gasteiger partial charge on any atom is -0.378 e. The zero-order valence-corrected chi connectivity index (χ0v) is 15.8. The fourth-order valence-corrected chi connectivity index (χ4v) is 3.14. The number of hydrogen-bond donors (Lipinski definition) is 2. The zero-order valence-electron chi connectivity index (χ0n) is 15.8. The molecule has 0 atom stereocenters. The number of carbonyl (C=O) groups excluding carboxylic acids is 2. The molecule has 0 bridgehead atoms. The molecule has 1 aliphatic heterocycles. The van der Waals surface area contributed by atoms with Gasteiger partial charge >= 0.3 is 0 Å². The van der Waals surface area contributed by atoms with Crippen LogP contribution in [0.15, 0.2) is 30.5 Å². The first-order chi connectivity index (χ1) is 13.0. The first kappa shape index (κ1) is 18.8. The van der Waals surface area contributed by atoms with E-state index in [2.05, 4.69) is 20.5 Å². The molecule has 2 N–H and O–H groups in total. The third kappa shape index (κ3) is 4.25. The van der Waals surface area contributed by atoms with Crippen LogP contribution in [0.1, 0.15) is 28.4 Å². The molecule has 0 unspecified atom stereocenters. The predicted molar refractivity (Wildman–Crippen MR) is 105 cm³/mol. The van der Waals surface area contributed by atoms with Gasteiger partial charge in [-0.15, -0.1) is 0 Å². The van der Waals surface area contributed by atoms with Crippen LogP contribution in [0.3, 0.4) is 0 Å². The molecule has 1 aromatic carbocycles.